The van der Waals surface area contributed by atoms with Gasteiger partial charge in [-0.25, -0.2) is 8.42 Å². The molecule has 1 rings (SSSR count). The lowest BCUT2D eigenvalue weighted by Crippen LogP contribution is -2.35. The zero-order valence-corrected chi connectivity index (χ0v) is 11.6. The van der Waals surface area contributed by atoms with Crippen LogP contribution in [0.1, 0.15) is 46.0 Å². The Labute approximate surface area is 104 Å². The molecule has 3 unspecified atom stereocenters. The Bertz CT molecular complexity index is 361. The lowest BCUT2D eigenvalue weighted by Gasteiger charge is -2.28. The largest absolute Gasteiger partial charge is 0.469 e. The maximum atomic E-state index is 12.3. The van der Waals surface area contributed by atoms with Crippen LogP contribution >= 0.6 is 0 Å². The molecule has 0 radical (unpaired) electrons. The highest BCUT2D eigenvalue weighted by molar-refractivity contribution is 7.92. The number of carbonyl (C=O) groups is 1. The van der Waals surface area contributed by atoms with E-state index in [9.17, 15) is 13.2 Å². The first-order valence-electron chi connectivity index (χ1n) is 6.17. The summed E-state index contributed by atoms with van der Waals surface area (Å²) >= 11 is 0. The van der Waals surface area contributed by atoms with E-state index in [1.165, 1.54) is 7.11 Å². The van der Waals surface area contributed by atoms with E-state index in [1.54, 1.807) is 6.92 Å². The monoisotopic (exact) mass is 262 g/mol. The van der Waals surface area contributed by atoms with Crippen LogP contribution in [0.3, 0.4) is 0 Å². The summed E-state index contributed by atoms with van der Waals surface area (Å²) in [5.41, 5.74) is 0. The molecule has 0 amide bonds. The van der Waals surface area contributed by atoms with Gasteiger partial charge in [0.25, 0.3) is 0 Å². The van der Waals surface area contributed by atoms with Crippen LogP contribution in [0, 0.1) is 5.92 Å². The van der Waals surface area contributed by atoms with E-state index >= 15 is 0 Å². The molecule has 1 fully saturated rings. The highest BCUT2D eigenvalue weighted by atomic mass is 32.2. The van der Waals surface area contributed by atoms with Crippen molar-refractivity contribution in [1.29, 1.82) is 0 Å². The summed E-state index contributed by atoms with van der Waals surface area (Å²) < 4.78 is 29.1. The van der Waals surface area contributed by atoms with Crippen LogP contribution in [-0.2, 0) is 19.4 Å². The number of carbonyl (C=O) groups excluding carboxylic acids is 1. The summed E-state index contributed by atoms with van der Waals surface area (Å²) in [5, 5.41) is -0.906. The average Bonchev–Trinajstić information content (AvgIpc) is 2.28. The summed E-state index contributed by atoms with van der Waals surface area (Å²) in [6, 6.07) is 0. The van der Waals surface area contributed by atoms with Crippen LogP contribution in [0.5, 0.6) is 0 Å². The van der Waals surface area contributed by atoms with Gasteiger partial charge in [0, 0.05) is 0 Å². The molecule has 0 N–H and O–H groups in total. The fourth-order valence-electron chi connectivity index (χ4n) is 2.44. The number of methoxy groups -OCH3 is 1. The van der Waals surface area contributed by atoms with Gasteiger partial charge in [0.15, 0.2) is 9.84 Å². The molecule has 1 aliphatic carbocycles. The van der Waals surface area contributed by atoms with Crippen molar-refractivity contribution in [2.75, 3.05) is 7.11 Å². The Kier molecular flexibility index (Phi) is 4.98. The third-order valence-corrected chi connectivity index (χ3v) is 6.24. The van der Waals surface area contributed by atoms with Crippen molar-refractivity contribution < 1.29 is 17.9 Å². The molecule has 1 saturated carbocycles. The van der Waals surface area contributed by atoms with E-state index < -0.39 is 21.1 Å². The molecule has 0 saturated heterocycles. The fourth-order valence-corrected chi connectivity index (χ4v) is 4.56. The molecule has 1 aliphatic rings. The van der Waals surface area contributed by atoms with Crippen LogP contribution in [0.15, 0.2) is 0 Å². The van der Waals surface area contributed by atoms with E-state index in [4.69, 9.17) is 0 Å². The molecule has 0 spiro atoms. The summed E-state index contributed by atoms with van der Waals surface area (Å²) in [6.07, 6.45) is 3.50. The summed E-state index contributed by atoms with van der Waals surface area (Å²) in [4.78, 5) is 11.1. The molecule has 100 valence electrons. The first-order chi connectivity index (χ1) is 7.87. The zero-order valence-electron chi connectivity index (χ0n) is 10.8. The standard InChI is InChI=1S/C12H22O4S/c1-9-5-4-6-11(7-9)17(14,15)10(2)8-12(13)16-3/h9-11H,4-8H2,1-3H3. The van der Waals surface area contributed by atoms with Gasteiger partial charge >= 0.3 is 5.97 Å². The molecule has 0 aromatic heterocycles. The highest BCUT2D eigenvalue weighted by Crippen LogP contribution is 2.30. The highest BCUT2D eigenvalue weighted by Gasteiger charge is 2.35. The van der Waals surface area contributed by atoms with Crippen molar-refractivity contribution in [3.63, 3.8) is 0 Å². The number of hydrogen-bond acceptors (Lipinski definition) is 4. The SMILES string of the molecule is COC(=O)CC(C)S(=O)(=O)C1CCCC(C)C1. The van der Waals surface area contributed by atoms with Crippen molar-refractivity contribution in [2.45, 2.75) is 56.5 Å². The first kappa shape index (κ1) is 14.5. The molecule has 5 heteroatoms. The maximum Gasteiger partial charge on any atom is 0.306 e. The molecule has 0 heterocycles. The second-order valence-corrected chi connectivity index (χ2v) is 7.72. The third kappa shape index (κ3) is 3.69. The smallest absolute Gasteiger partial charge is 0.306 e. The molecule has 0 bridgehead atoms. The van der Waals surface area contributed by atoms with Crippen molar-refractivity contribution >= 4 is 15.8 Å². The minimum Gasteiger partial charge on any atom is -0.469 e. The Morgan fingerprint density at radius 1 is 1.41 bits per heavy atom. The van der Waals surface area contributed by atoms with Crippen LogP contribution < -0.4 is 0 Å². The number of hydrogen-bond donors (Lipinski definition) is 0. The van der Waals surface area contributed by atoms with Crippen LogP contribution in [-0.4, -0.2) is 32.0 Å². The lowest BCUT2D eigenvalue weighted by molar-refractivity contribution is -0.140. The lowest BCUT2D eigenvalue weighted by atomic mass is 9.91. The van der Waals surface area contributed by atoms with E-state index in [2.05, 4.69) is 11.7 Å². The van der Waals surface area contributed by atoms with Crippen LogP contribution in [0.25, 0.3) is 0 Å². The van der Waals surface area contributed by atoms with E-state index in [0.717, 1.165) is 25.7 Å². The molecule has 0 aromatic carbocycles. The maximum absolute atomic E-state index is 12.3. The van der Waals surface area contributed by atoms with Gasteiger partial charge in [0.2, 0.25) is 0 Å². The normalized spacial score (nSPS) is 27.5. The zero-order chi connectivity index (χ0) is 13.1. The Morgan fingerprint density at radius 3 is 2.59 bits per heavy atom. The molecule has 0 aromatic rings. The van der Waals surface area contributed by atoms with E-state index in [0.29, 0.717) is 5.92 Å². The van der Waals surface area contributed by atoms with Gasteiger partial charge in [-0.1, -0.05) is 19.8 Å². The summed E-state index contributed by atoms with van der Waals surface area (Å²) in [5.74, 6) is 0.0128. The van der Waals surface area contributed by atoms with E-state index in [-0.39, 0.29) is 11.7 Å². The quantitative estimate of drug-likeness (QED) is 0.726. The number of rotatable bonds is 4. The van der Waals surface area contributed by atoms with Crippen molar-refractivity contribution in [1.82, 2.24) is 0 Å². The number of esters is 1. The molecule has 4 nitrogen and oxygen atoms in total. The molecular formula is C12H22O4S. The van der Waals surface area contributed by atoms with Crippen molar-refractivity contribution in [2.24, 2.45) is 5.92 Å². The van der Waals surface area contributed by atoms with Gasteiger partial charge in [0.05, 0.1) is 24.0 Å². The Balaban J connectivity index is 2.69. The van der Waals surface area contributed by atoms with Gasteiger partial charge in [-0.2, -0.15) is 0 Å². The summed E-state index contributed by atoms with van der Waals surface area (Å²) in [7, 11) is -1.92. The second-order valence-electron chi connectivity index (χ2n) is 5.07. The van der Waals surface area contributed by atoms with Gasteiger partial charge in [0.1, 0.15) is 0 Å². The predicted molar refractivity (Wildman–Crippen MR) is 66.4 cm³/mol. The summed E-state index contributed by atoms with van der Waals surface area (Å²) in [6.45, 7) is 3.69. The minimum atomic E-state index is -3.20. The molecule has 17 heavy (non-hydrogen) atoms. The van der Waals surface area contributed by atoms with Gasteiger partial charge in [-0.15, -0.1) is 0 Å². The Morgan fingerprint density at radius 2 is 2.06 bits per heavy atom. The second kappa shape index (κ2) is 5.85. The van der Waals surface area contributed by atoms with E-state index in [1.807, 2.05) is 0 Å². The van der Waals surface area contributed by atoms with Crippen LogP contribution in [0.2, 0.25) is 0 Å². The van der Waals surface area contributed by atoms with Gasteiger partial charge in [-0.3, -0.25) is 4.79 Å². The molecular weight excluding hydrogens is 240 g/mol. The Hall–Kier alpha value is -0.580. The van der Waals surface area contributed by atoms with Crippen molar-refractivity contribution in [3.8, 4) is 0 Å². The average molecular weight is 262 g/mol. The van der Waals surface area contributed by atoms with Gasteiger partial charge < -0.3 is 4.74 Å². The minimum absolute atomic E-state index is 0.0380. The van der Waals surface area contributed by atoms with Gasteiger partial charge in [-0.05, 0) is 25.7 Å². The van der Waals surface area contributed by atoms with Crippen molar-refractivity contribution in [3.05, 3.63) is 0 Å². The fraction of sp³-hybridized carbons (Fsp3) is 0.917. The predicted octanol–water partition coefficient (Wildman–Crippen LogP) is 1.93. The van der Waals surface area contributed by atoms with Crippen LogP contribution in [0.4, 0.5) is 0 Å². The third-order valence-electron chi connectivity index (χ3n) is 3.60. The topological polar surface area (TPSA) is 60.4 Å². The molecule has 3 atom stereocenters. The molecule has 0 aliphatic heterocycles. The first-order valence-corrected chi connectivity index (χ1v) is 7.78. The number of sulfone groups is 1. The number of ether oxygens (including phenoxy) is 1.